The molecule has 2 spiro atoms. The summed E-state index contributed by atoms with van der Waals surface area (Å²) in [7, 11) is 2.18. The van der Waals surface area contributed by atoms with E-state index in [1.165, 1.54) is 6.42 Å². The zero-order valence-electron chi connectivity index (χ0n) is 22.7. The van der Waals surface area contributed by atoms with E-state index in [-0.39, 0.29) is 11.5 Å². The number of nitrogens with zero attached hydrogens (tertiary/aromatic N) is 4. The lowest BCUT2D eigenvalue weighted by Crippen LogP contribution is -2.45. The number of nitrogens with one attached hydrogen (secondary N) is 1. The van der Waals surface area contributed by atoms with E-state index in [2.05, 4.69) is 29.3 Å². The minimum absolute atomic E-state index is 0.00130. The van der Waals surface area contributed by atoms with Crippen LogP contribution in [0.25, 0.3) is 11.5 Å². The summed E-state index contributed by atoms with van der Waals surface area (Å²) in [4.78, 5) is 25.8. The van der Waals surface area contributed by atoms with Crippen LogP contribution in [0.15, 0.2) is 4.52 Å². The van der Waals surface area contributed by atoms with E-state index < -0.39 is 5.41 Å². The number of carbonyl (C=O) groups excluding carboxylic acids is 1. The normalized spacial score (nSPS) is 32.1. The minimum atomic E-state index is -0.517. The fourth-order valence-corrected chi connectivity index (χ4v) is 7.86. The standard InChI is InChI=1S/C29H39N5O4/c1-18(21-8-6-13-34(21)2)37-27-20-15-30-16-28(12-14-36-17-28)24(20)31-26(32-27)23-19-7-5-11-29(25(19)38-33-23)10-4-3-9-22(29)35/h18,21,30H,3-17H2,1-2H3/t18-,21-,28-,29+/m0/s1. The van der Waals surface area contributed by atoms with Gasteiger partial charge in [0.1, 0.15) is 11.9 Å². The van der Waals surface area contributed by atoms with Gasteiger partial charge in [-0.3, -0.25) is 9.69 Å². The summed E-state index contributed by atoms with van der Waals surface area (Å²) in [6, 6.07) is 0.362. The number of rotatable bonds is 4. The highest BCUT2D eigenvalue weighted by molar-refractivity contribution is 5.91. The molecule has 1 N–H and O–H groups in total. The molecule has 2 aliphatic carbocycles. The van der Waals surface area contributed by atoms with Crippen LogP contribution in [0.1, 0.15) is 87.3 Å². The maximum absolute atomic E-state index is 13.2. The molecule has 38 heavy (non-hydrogen) atoms. The molecule has 2 aromatic rings. The third-order valence-electron chi connectivity index (χ3n) is 10.0. The van der Waals surface area contributed by atoms with Gasteiger partial charge in [-0.25, -0.2) is 4.98 Å². The van der Waals surface area contributed by atoms with Crippen molar-refractivity contribution in [2.24, 2.45) is 0 Å². The van der Waals surface area contributed by atoms with Crippen molar-refractivity contribution in [3.05, 3.63) is 22.6 Å². The molecule has 3 fully saturated rings. The molecule has 0 bridgehead atoms. The zero-order valence-corrected chi connectivity index (χ0v) is 22.7. The summed E-state index contributed by atoms with van der Waals surface area (Å²) >= 11 is 0. The monoisotopic (exact) mass is 521 g/mol. The van der Waals surface area contributed by atoms with Gasteiger partial charge in [0.2, 0.25) is 5.88 Å². The molecule has 7 rings (SSSR count). The predicted octanol–water partition coefficient (Wildman–Crippen LogP) is 3.47. The van der Waals surface area contributed by atoms with Gasteiger partial charge in [-0.05, 0) is 71.9 Å². The number of likely N-dealkylation sites (N-methyl/N-ethyl adjacent to an activating group) is 1. The number of ketones is 1. The highest BCUT2D eigenvalue weighted by Gasteiger charge is 2.49. The van der Waals surface area contributed by atoms with Crippen LogP contribution in [0, 0.1) is 0 Å². The first kappa shape index (κ1) is 24.7. The minimum Gasteiger partial charge on any atom is -0.473 e. The summed E-state index contributed by atoms with van der Waals surface area (Å²) < 4.78 is 18.6. The summed E-state index contributed by atoms with van der Waals surface area (Å²) in [5, 5.41) is 8.15. The van der Waals surface area contributed by atoms with Gasteiger partial charge in [0.05, 0.1) is 28.7 Å². The molecule has 204 valence electrons. The zero-order chi connectivity index (χ0) is 25.9. The lowest BCUT2D eigenvalue weighted by Gasteiger charge is -2.37. The first-order valence-electron chi connectivity index (χ1n) is 14.6. The van der Waals surface area contributed by atoms with Crippen molar-refractivity contribution >= 4 is 5.78 Å². The Hall–Kier alpha value is -2.36. The fraction of sp³-hybridized carbons (Fsp3) is 0.724. The fourth-order valence-electron chi connectivity index (χ4n) is 7.86. The van der Waals surface area contributed by atoms with E-state index in [9.17, 15) is 4.79 Å². The molecule has 3 aliphatic heterocycles. The van der Waals surface area contributed by atoms with Crippen molar-refractivity contribution in [3.63, 3.8) is 0 Å². The van der Waals surface area contributed by atoms with Crippen LogP contribution in [-0.4, -0.2) is 71.3 Å². The highest BCUT2D eigenvalue weighted by atomic mass is 16.5. The number of carbonyl (C=O) groups is 1. The lowest BCUT2D eigenvalue weighted by atomic mass is 9.64. The molecule has 5 aliphatic rings. The molecule has 2 saturated heterocycles. The summed E-state index contributed by atoms with van der Waals surface area (Å²) in [5.74, 6) is 2.29. The number of hydrogen-bond donors (Lipinski definition) is 1. The van der Waals surface area contributed by atoms with Gasteiger partial charge in [0.15, 0.2) is 17.3 Å². The van der Waals surface area contributed by atoms with Gasteiger partial charge in [0, 0.05) is 37.7 Å². The molecular formula is C29H39N5O4. The summed E-state index contributed by atoms with van der Waals surface area (Å²) in [5.41, 5.74) is 3.05. The van der Waals surface area contributed by atoms with E-state index in [1.54, 1.807) is 0 Å². The Bertz CT molecular complexity index is 1240. The highest BCUT2D eigenvalue weighted by Crippen LogP contribution is 2.48. The van der Waals surface area contributed by atoms with Crippen LogP contribution in [0.3, 0.4) is 0 Å². The SMILES string of the molecule is C[C@H](Oc1nc(-c2noc3c2CCC[C@@]32CCCCC2=O)nc2c1CNC[C@]21CCOC1)[C@@H]1CCCN1C. The second kappa shape index (κ2) is 9.38. The van der Waals surface area contributed by atoms with Gasteiger partial charge in [-0.1, -0.05) is 11.6 Å². The Morgan fingerprint density at radius 2 is 2.00 bits per heavy atom. The molecule has 9 heteroatoms. The molecule has 4 atom stereocenters. The average molecular weight is 522 g/mol. The van der Waals surface area contributed by atoms with E-state index in [0.29, 0.717) is 48.8 Å². The quantitative estimate of drug-likeness (QED) is 0.648. The maximum atomic E-state index is 13.2. The Morgan fingerprint density at radius 1 is 1.11 bits per heavy atom. The van der Waals surface area contributed by atoms with Crippen LogP contribution in [0.4, 0.5) is 0 Å². The van der Waals surface area contributed by atoms with Gasteiger partial charge >= 0.3 is 0 Å². The molecule has 9 nitrogen and oxygen atoms in total. The predicted molar refractivity (Wildman–Crippen MR) is 140 cm³/mol. The van der Waals surface area contributed by atoms with Crippen LogP contribution in [0.2, 0.25) is 0 Å². The molecule has 2 aromatic heterocycles. The number of fused-ring (bicyclic) bond motifs is 4. The number of likely N-dealkylation sites (tertiary alicyclic amines) is 1. The van der Waals surface area contributed by atoms with Crippen LogP contribution >= 0.6 is 0 Å². The van der Waals surface area contributed by atoms with Crippen molar-refractivity contribution in [1.82, 2.24) is 25.3 Å². The first-order valence-corrected chi connectivity index (χ1v) is 14.6. The van der Waals surface area contributed by atoms with E-state index in [4.69, 9.17) is 24.0 Å². The third-order valence-corrected chi connectivity index (χ3v) is 10.0. The topological polar surface area (TPSA) is 103 Å². The van der Waals surface area contributed by atoms with Crippen LogP contribution < -0.4 is 10.1 Å². The van der Waals surface area contributed by atoms with Gasteiger partial charge in [-0.15, -0.1) is 0 Å². The van der Waals surface area contributed by atoms with E-state index >= 15 is 0 Å². The summed E-state index contributed by atoms with van der Waals surface area (Å²) in [6.45, 7) is 6.11. The Balaban J connectivity index is 1.33. The molecule has 5 heterocycles. The molecule has 0 aromatic carbocycles. The average Bonchev–Trinajstić information content (AvgIpc) is 3.67. The molecule has 0 amide bonds. The molecular weight excluding hydrogens is 482 g/mol. The molecule has 0 radical (unpaired) electrons. The van der Waals surface area contributed by atoms with Crippen molar-refractivity contribution in [2.75, 3.05) is 33.4 Å². The molecule has 1 saturated carbocycles. The van der Waals surface area contributed by atoms with Gasteiger partial charge in [0.25, 0.3) is 0 Å². The van der Waals surface area contributed by atoms with Crippen molar-refractivity contribution in [1.29, 1.82) is 0 Å². The van der Waals surface area contributed by atoms with Crippen LogP contribution in [-0.2, 0) is 33.3 Å². The summed E-state index contributed by atoms with van der Waals surface area (Å²) in [6.07, 6.45) is 9.38. The second-order valence-electron chi connectivity index (χ2n) is 12.3. The van der Waals surface area contributed by atoms with E-state index in [0.717, 1.165) is 93.6 Å². The Morgan fingerprint density at radius 3 is 2.79 bits per heavy atom. The number of ether oxygens (including phenoxy) is 2. The second-order valence-corrected chi connectivity index (χ2v) is 12.3. The van der Waals surface area contributed by atoms with Gasteiger partial charge in [-0.2, -0.15) is 4.98 Å². The number of hydrogen-bond acceptors (Lipinski definition) is 9. The number of Topliss-reactive ketones (excluding diaryl/α,β-unsaturated/α-hetero) is 1. The smallest absolute Gasteiger partial charge is 0.222 e. The molecule has 0 unspecified atom stereocenters. The third kappa shape index (κ3) is 3.76. The first-order chi connectivity index (χ1) is 18.5. The van der Waals surface area contributed by atoms with Crippen molar-refractivity contribution in [3.8, 4) is 17.4 Å². The van der Waals surface area contributed by atoms with Crippen molar-refractivity contribution in [2.45, 2.75) is 101 Å². The Kier molecular flexibility index (Phi) is 6.09. The van der Waals surface area contributed by atoms with Crippen LogP contribution in [0.5, 0.6) is 5.88 Å². The largest absolute Gasteiger partial charge is 0.473 e. The number of aromatic nitrogens is 3. The lowest BCUT2D eigenvalue weighted by molar-refractivity contribution is -0.128. The Labute approximate surface area is 224 Å². The van der Waals surface area contributed by atoms with Gasteiger partial charge < -0.3 is 19.3 Å². The van der Waals surface area contributed by atoms with Crippen molar-refractivity contribution < 1.29 is 18.8 Å². The maximum Gasteiger partial charge on any atom is 0.222 e. The van der Waals surface area contributed by atoms with E-state index in [1.807, 2.05) is 0 Å².